The molecule has 1 N–H and O–H groups in total. The SMILES string of the molecule is COc1cc([C@H]2C3=C(Nc4ncnn42)c2ccccc2O[C@H]3c2ccccc2)cc(OC)c1OC. The third-order valence-corrected chi connectivity index (χ3v) is 6.43. The summed E-state index contributed by atoms with van der Waals surface area (Å²) in [7, 11) is 4.82. The van der Waals surface area contributed by atoms with Gasteiger partial charge in [-0.15, -0.1) is 0 Å². The molecule has 0 radical (unpaired) electrons. The molecule has 8 heteroatoms. The number of hydrogen-bond acceptors (Lipinski definition) is 7. The van der Waals surface area contributed by atoms with Crippen LogP contribution in [0.4, 0.5) is 5.95 Å². The topological polar surface area (TPSA) is 79.7 Å². The summed E-state index contributed by atoms with van der Waals surface area (Å²) in [6.45, 7) is 0. The molecule has 2 atom stereocenters. The van der Waals surface area contributed by atoms with Gasteiger partial charge in [0.05, 0.1) is 27.0 Å². The van der Waals surface area contributed by atoms with Crippen LogP contribution < -0.4 is 24.3 Å². The highest BCUT2D eigenvalue weighted by molar-refractivity contribution is 5.85. The maximum Gasteiger partial charge on any atom is 0.226 e. The minimum Gasteiger partial charge on any atom is -0.493 e. The molecule has 2 aliphatic rings. The molecule has 35 heavy (non-hydrogen) atoms. The smallest absolute Gasteiger partial charge is 0.226 e. The molecule has 6 rings (SSSR count). The number of anilines is 1. The first-order chi connectivity index (χ1) is 17.2. The first-order valence-corrected chi connectivity index (χ1v) is 11.2. The normalized spacial score (nSPS) is 17.9. The minimum absolute atomic E-state index is 0.337. The van der Waals surface area contributed by atoms with Gasteiger partial charge in [0.25, 0.3) is 0 Å². The molecule has 0 saturated heterocycles. The Morgan fingerprint density at radius 1 is 0.857 bits per heavy atom. The molecule has 176 valence electrons. The zero-order valence-electron chi connectivity index (χ0n) is 19.6. The molecule has 8 nitrogen and oxygen atoms in total. The second-order valence-electron chi connectivity index (χ2n) is 8.25. The van der Waals surface area contributed by atoms with Crippen molar-refractivity contribution in [2.45, 2.75) is 12.1 Å². The number of benzene rings is 3. The number of hydrogen-bond donors (Lipinski definition) is 1. The highest BCUT2D eigenvalue weighted by Gasteiger charge is 2.41. The van der Waals surface area contributed by atoms with Crippen LogP contribution in [-0.2, 0) is 0 Å². The zero-order chi connectivity index (χ0) is 23.9. The lowest BCUT2D eigenvalue weighted by atomic mass is 9.84. The van der Waals surface area contributed by atoms with Gasteiger partial charge in [-0.1, -0.05) is 42.5 Å². The van der Waals surface area contributed by atoms with Gasteiger partial charge in [-0.25, -0.2) is 4.68 Å². The van der Waals surface area contributed by atoms with Crippen LogP contribution >= 0.6 is 0 Å². The maximum atomic E-state index is 6.64. The molecule has 3 aromatic carbocycles. The maximum absolute atomic E-state index is 6.64. The Morgan fingerprint density at radius 2 is 1.57 bits per heavy atom. The number of rotatable bonds is 5. The van der Waals surface area contributed by atoms with Crippen LogP contribution in [0.2, 0.25) is 0 Å². The largest absolute Gasteiger partial charge is 0.493 e. The van der Waals surface area contributed by atoms with Crippen LogP contribution in [0.15, 0.2) is 78.6 Å². The highest BCUT2D eigenvalue weighted by Crippen LogP contribution is 2.52. The van der Waals surface area contributed by atoms with Crippen molar-refractivity contribution in [1.29, 1.82) is 0 Å². The van der Waals surface area contributed by atoms with Gasteiger partial charge in [0.1, 0.15) is 24.2 Å². The van der Waals surface area contributed by atoms with Gasteiger partial charge >= 0.3 is 0 Å². The standard InChI is InChI=1S/C27H24N4O4/c1-32-20-13-17(14-21(33-2)26(20)34-3)24-22-23(30-27-28-15-29-31(24)27)18-11-7-8-12-19(18)35-25(22)16-9-5-4-6-10-16/h4-15,24-25H,1-3H3,(H,28,29,30)/t24-,25-/m0/s1. The fourth-order valence-electron chi connectivity index (χ4n) is 4.90. The summed E-state index contributed by atoms with van der Waals surface area (Å²) in [4.78, 5) is 4.49. The average Bonchev–Trinajstić information content (AvgIpc) is 3.39. The molecule has 0 aliphatic carbocycles. The van der Waals surface area contributed by atoms with Crippen LogP contribution in [0.25, 0.3) is 5.70 Å². The summed E-state index contributed by atoms with van der Waals surface area (Å²) in [6.07, 6.45) is 1.20. The summed E-state index contributed by atoms with van der Waals surface area (Å²) in [5, 5.41) is 8.10. The van der Waals surface area contributed by atoms with Crippen LogP contribution in [0.1, 0.15) is 28.8 Å². The number of para-hydroxylation sites is 1. The summed E-state index contributed by atoms with van der Waals surface area (Å²) in [5.41, 5.74) is 4.89. The van der Waals surface area contributed by atoms with Gasteiger partial charge in [0, 0.05) is 11.1 Å². The Bertz CT molecular complexity index is 1410. The molecule has 4 aromatic rings. The van der Waals surface area contributed by atoms with Crippen molar-refractivity contribution in [1.82, 2.24) is 14.8 Å². The average molecular weight is 469 g/mol. The number of aromatic nitrogens is 3. The summed E-state index contributed by atoms with van der Waals surface area (Å²) >= 11 is 0. The zero-order valence-corrected chi connectivity index (χ0v) is 19.6. The lowest BCUT2D eigenvalue weighted by Crippen LogP contribution is -2.32. The van der Waals surface area contributed by atoms with Crippen molar-refractivity contribution >= 4 is 11.6 Å². The van der Waals surface area contributed by atoms with E-state index in [1.54, 1.807) is 27.7 Å². The van der Waals surface area contributed by atoms with Crippen molar-refractivity contribution < 1.29 is 18.9 Å². The second-order valence-corrected chi connectivity index (χ2v) is 8.25. The fraction of sp³-hybridized carbons (Fsp3) is 0.185. The van der Waals surface area contributed by atoms with Gasteiger partial charge in [-0.05, 0) is 35.4 Å². The first kappa shape index (κ1) is 21.1. The highest BCUT2D eigenvalue weighted by atomic mass is 16.5. The molecule has 0 spiro atoms. The Balaban J connectivity index is 1.64. The molecule has 0 bridgehead atoms. The third kappa shape index (κ3) is 3.29. The summed E-state index contributed by atoms with van der Waals surface area (Å²) in [6, 6.07) is 21.8. The second kappa shape index (κ2) is 8.39. The third-order valence-electron chi connectivity index (χ3n) is 6.43. The van der Waals surface area contributed by atoms with Crippen molar-refractivity contribution in [3.8, 4) is 23.0 Å². The summed E-state index contributed by atoms with van der Waals surface area (Å²) in [5.74, 6) is 3.12. The number of nitrogens with one attached hydrogen (secondary N) is 1. The number of ether oxygens (including phenoxy) is 4. The molecular weight excluding hydrogens is 444 g/mol. The van der Waals surface area contributed by atoms with Crippen molar-refractivity contribution in [2.75, 3.05) is 26.6 Å². The van der Waals surface area contributed by atoms with Crippen LogP contribution in [0, 0.1) is 0 Å². The lowest BCUT2D eigenvalue weighted by molar-refractivity contribution is 0.223. The summed E-state index contributed by atoms with van der Waals surface area (Å²) < 4.78 is 25.4. The molecule has 0 fully saturated rings. The molecule has 3 heterocycles. The number of nitrogens with zero attached hydrogens (tertiary/aromatic N) is 3. The Morgan fingerprint density at radius 3 is 2.29 bits per heavy atom. The number of methoxy groups -OCH3 is 3. The predicted octanol–water partition coefficient (Wildman–Crippen LogP) is 4.86. The molecule has 1 aromatic heterocycles. The fourth-order valence-corrected chi connectivity index (χ4v) is 4.90. The Kier molecular flexibility index (Phi) is 5.06. The first-order valence-electron chi connectivity index (χ1n) is 11.2. The van der Waals surface area contributed by atoms with Gasteiger partial charge in [-0.2, -0.15) is 10.1 Å². The molecule has 2 aliphatic heterocycles. The van der Waals surface area contributed by atoms with E-state index < -0.39 is 0 Å². The van der Waals surface area contributed by atoms with Gasteiger partial charge in [0.2, 0.25) is 11.7 Å². The monoisotopic (exact) mass is 468 g/mol. The van der Waals surface area contributed by atoms with E-state index in [0.29, 0.717) is 23.2 Å². The van der Waals surface area contributed by atoms with E-state index in [9.17, 15) is 0 Å². The van der Waals surface area contributed by atoms with E-state index >= 15 is 0 Å². The van der Waals surface area contributed by atoms with E-state index in [4.69, 9.17) is 18.9 Å². The van der Waals surface area contributed by atoms with Crippen molar-refractivity contribution in [2.24, 2.45) is 0 Å². The predicted molar refractivity (Wildman–Crippen MR) is 131 cm³/mol. The van der Waals surface area contributed by atoms with E-state index in [1.807, 2.05) is 53.2 Å². The van der Waals surface area contributed by atoms with Crippen LogP contribution in [0.3, 0.4) is 0 Å². The van der Waals surface area contributed by atoms with Crippen molar-refractivity contribution in [3.63, 3.8) is 0 Å². The molecular formula is C27H24N4O4. The van der Waals surface area contributed by atoms with E-state index in [1.165, 1.54) is 0 Å². The minimum atomic E-state index is -0.352. The van der Waals surface area contributed by atoms with Crippen LogP contribution in [0.5, 0.6) is 23.0 Å². The van der Waals surface area contributed by atoms with E-state index in [0.717, 1.165) is 33.7 Å². The van der Waals surface area contributed by atoms with Crippen molar-refractivity contribution in [3.05, 3.63) is 95.3 Å². The Labute approximate surface area is 202 Å². The lowest BCUT2D eigenvalue weighted by Gasteiger charge is -2.39. The number of fused-ring (bicyclic) bond motifs is 3. The molecule has 0 unspecified atom stereocenters. The molecule has 0 amide bonds. The van der Waals surface area contributed by atoms with E-state index in [-0.39, 0.29) is 12.1 Å². The van der Waals surface area contributed by atoms with Gasteiger partial charge in [-0.3, -0.25) is 0 Å². The Hall–Kier alpha value is -4.46. The van der Waals surface area contributed by atoms with Gasteiger partial charge in [0.15, 0.2) is 11.5 Å². The van der Waals surface area contributed by atoms with E-state index in [2.05, 4.69) is 33.6 Å². The quantitative estimate of drug-likeness (QED) is 0.448. The molecule has 0 saturated carbocycles. The van der Waals surface area contributed by atoms with Gasteiger partial charge < -0.3 is 24.3 Å². The van der Waals surface area contributed by atoms with Crippen LogP contribution in [-0.4, -0.2) is 36.1 Å².